The summed E-state index contributed by atoms with van der Waals surface area (Å²) in [6.45, 7) is 2.30. The first-order valence-electron chi connectivity index (χ1n) is 7.73. The van der Waals surface area contributed by atoms with Gasteiger partial charge in [-0.1, -0.05) is 19.1 Å². The molecule has 2 saturated carbocycles. The van der Waals surface area contributed by atoms with Crippen molar-refractivity contribution in [3.05, 3.63) is 35.4 Å². The summed E-state index contributed by atoms with van der Waals surface area (Å²) in [7, 11) is 0. The second kappa shape index (κ2) is 5.57. The van der Waals surface area contributed by atoms with Crippen molar-refractivity contribution < 1.29 is 9.90 Å². The van der Waals surface area contributed by atoms with Crippen molar-refractivity contribution in [2.24, 2.45) is 17.8 Å². The van der Waals surface area contributed by atoms with Gasteiger partial charge in [0.25, 0.3) is 5.91 Å². The topological polar surface area (TPSA) is 49.3 Å². The minimum absolute atomic E-state index is 0.00338. The number of amides is 1. The van der Waals surface area contributed by atoms with Crippen LogP contribution >= 0.6 is 0 Å². The first kappa shape index (κ1) is 13.6. The van der Waals surface area contributed by atoms with Gasteiger partial charge < -0.3 is 10.4 Å². The van der Waals surface area contributed by atoms with Crippen molar-refractivity contribution in [3.8, 4) is 0 Å². The van der Waals surface area contributed by atoms with E-state index in [1.807, 2.05) is 24.3 Å². The highest BCUT2D eigenvalue weighted by Crippen LogP contribution is 2.48. The van der Waals surface area contributed by atoms with E-state index < -0.39 is 0 Å². The van der Waals surface area contributed by atoms with Gasteiger partial charge in [0.1, 0.15) is 0 Å². The molecule has 1 aromatic rings. The van der Waals surface area contributed by atoms with Crippen LogP contribution in [0.5, 0.6) is 0 Å². The van der Waals surface area contributed by atoms with Crippen LogP contribution in [0.3, 0.4) is 0 Å². The van der Waals surface area contributed by atoms with Crippen LogP contribution in [-0.4, -0.2) is 23.7 Å². The molecule has 0 heterocycles. The first-order valence-corrected chi connectivity index (χ1v) is 7.73. The minimum Gasteiger partial charge on any atom is -0.396 e. The largest absolute Gasteiger partial charge is 0.396 e. The predicted molar refractivity (Wildman–Crippen MR) is 78.5 cm³/mol. The number of hydrogen-bond donors (Lipinski definition) is 2. The third-order valence-electron chi connectivity index (χ3n) is 5.22. The molecule has 2 N–H and O–H groups in total. The van der Waals surface area contributed by atoms with E-state index in [1.54, 1.807) is 0 Å². The number of aryl methyl sites for hydroxylation is 1. The van der Waals surface area contributed by atoms with Crippen LogP contribution in [-0.2, 0) is 6.42 Å². The van der Waals surface area contributed by atoms with Gasteiger partial charge in [-0.3, -0.25) is 4.79 Å². The highest BCUT2D eigenvalue weighted by molar-refractivity contribution is 5.94. The van der Waals surface area contributed by atoms with E-state index in [2.05, 4.69) is 12.2 Å². The van der Waals surface area contributed by atoms with Crippen molar-refractivity contribution >= 4 is 5.91 Å². The molecule has 108 valence electrons. The van der Waals surface area contributed by atoms with E-state index in [9.17, 15) is 9.90 Å². The van der Waals surface area contributed by atoms with Crippen LogP contribution in [0.2, 0.25) is 0 Å². The average Bonchev–Trinajstić information content (AvgIpc) is 3.08. The van der Waals surface area contributed by atoms with E-state index >= 15 is 0 Å². The molecule has 3 nitrogen and oxygen atoms in total. The quantitative estimate of drug-likeness (QED) is 0.885. The van der Waals surface area contributed by atoms with E-state index in [0.717, 1.165) is 12.0 Å². The molecule has 1 aromatic carbocycles. The maximum absolute atomic E-state index is 12.3. The van der Waals surface area contributed by atoms with Crippen LogP contribution in [0.4, 0.5) is 0 Å². The van der Waals surface area contributed by atoms with Gasteiger partial charge in [0.15, 0.2) is 0 Å². The Balaban J connectivity index is 1.69. The highest BCUT2D eigenvalue weighted by Gasteiger charge is 2.47. The lowest BCUT2D eigenvalue weighted by Crippen LogP contribution is -2.45. The monoisotopic (exact) mass is 273 g/mol. The zero-order valence-electron chi connectivity index (χ0n) is 12.0. The summed E-state index contributed by atoms with van der Waals surface area (Å²) in [4.78, 5) is 12.3. The molecule has 0 aliphatic heterocycles. The Kier molecular flexibility index (Phi) is 3.79. The van der Waals surface area contributed by atoms with Gasteiger partial charge in [0.2, 0.25) is 0 Å². The van der Waals surface area contributed by atoms with Crippen molar-refractivity contribution in [3.63, 3.8) is 0 Å². The number of carbonyl (C=O) groups is 1. The van der Waals surface area contributed by atoms with Crippen molar-refractivity contribution in [1.29, 1.82) is 0 Å². The molecule has 0 aromatic heterocycles. The maximum Gasteiger partial charge on any atom is 0.251 e. The van der Waals surface area contributed by atoms with Crippen LogP contribution in [0.1, 0.15) is 42.1 Å². The van der Waals surface area contributed by atoms with Gasteiger partial charge in [-0.2, -0.15) is 0 Å². The van der Waals surface area contributed by atoms with Gasteiger partial charge in [0.05, 0.1) is 0 Å². The lowest BCUT2D eigenvalue weighted by atomic mass is 9.85. The number of rotatable bonds is 4. The Morgan fingerprint density at radius 1 is 1.25 bits per heavy atom. The predicted octanol–water partition coefficient (Wildman–Crippen LogP) is 2.39. The smallest absolute Gasteiger partial charge is 0.251 e. The molecule has 20 heavy (non-hydrogen) atoms. The second-order valence-corrected chi connectivity index (χ2v) is 6.23. The second-order valence-electron chi connectivity index (χ2n) is 6.23. The Labute approximate surface area is 120 Å². The molecule has 4 unspecified atom stereocenters. The molecule has 2 bridgehead atoms. The van der Waals surface area contributed by atoms with E-state index in [0.29, 0.717) is 11.8 Å². The fraction of sp³-hybridized carbons (Fsp3) is 0.588. The van der Waals surface area contributed by atoms with Crippen molar-refractivity contribution in [1.82, 2.24) is 5.32 Å². The number of carbonyl (C=O) groups excluding carboxylic acids is 1. The van der Waals surface area contributed by atoms with Gasteiger partial charge in [0, 0.05) is 24.1 Å². The van der Waals surface area contributed by atoms with E-state index in [4.69, 9.17) is 0 Å². The number of nitrogens with one attached hydrogen (secondary N) is 1. The summed E-state index contributed by atoms with van der Waals surface area (Å²) in [5.74, 6) is 1.44. The normalized spacial score (nSPS) is 31.5. The molecule has 0 saturated heterocycles. The first-order chi connectivity index (χ1) is 9.72. The summed E-state index contributed by atoms with van der Waals surface area (Å²) < 4.78 is 0. The summed E-state index contributed by atoms with van der Waals surface area (Å²) >= 11 is 0. The third-order valence-corrected chi connectivity index (χ3v) is 5.22. The lowest BCUT2D eigenvalue weighted by molar-refractivity contribution is 0.0861. The number of fused-ring (bicyclic) bond motifs is 2. The van der Waals surface area contributed by atoms with Crippen molar-refractivity contribution in [2.45, 2.75) is 38.6 Å². The van der Waals surface area contributed by atoms with Gasteiger partial charge >= 0.3 is 0 Å². The van der Waals surface area contributed by atoms with E-state index in [1.165, 1.54) is 24.8 Å². The van der Waals surface area contributed by atoms with Crippen LogP contribution < -0.4 is 5.32 Å². The Bertz CT molecular complexity index is 482. The molecular weight excluding hydrogens is 250 g/mol. The molecule has 0 spiro atoms. The standard InChI is InChI=1S/C17H23NO2/c1-2-11-3-5-12(6-4-11)17(20)18-16-14-8-7-13(9-14)15(16)10-19/h3-6,13-16,19H,2,7-10H2,1H3,(H,18,20). The maximum atomic E-state index is 12.3. The molecule has 2 aliphatic carbocycles. The number of benzene rings is 1. The molecule has 0 radical (unpaired) electrons. The van der Waals surface area contributed by atoms with Gasteiger partial charge in [-0.05, 0) is 55.2 Å². The molecule has 2 fully saturated rings. The molecular formula is C17H23NO2. The zero-order chi connectivity index (χ0) is 14.1. The summed E-state index contributed by atoms with van der Waals surface area (Å²) in [6, 6.07) is 7.99. The molecule has 3 heteroatoms. The Morgan fingerprint density at radius 3 is 2.60 bits per heavy atom. The molecule has 4 atom stereocenters. The molecule has 1 amide bonds. The summed E-state index contributed by atoms with van der Waals surface area (Å²) in [5, 5.41) is 12.7. The SMILES string of the molecule is CCc1ccc(C(=O)NC2C3CCC(C3)C2CO)cc1. The zero-order valence-corrected chi connectivity index (χ0v) is 12.0. The van der Waals surface area contributed by atoms with E-state index in [-0.39, 0.29) is 24.5 Å². The average molecular weight is 273 g/mol. The fourth-order valence-corrected chi connectivity index (χ4v) is 4.02. The van der Waals surface area contributed by atoms with Gasteiger partial charge in [-0.15, -0.1) is 0 Å². The highest BCUT2D eigenvalue weighted by atomic mass is 16.3. The Hall–Kier alpha value is -1.35. The Morgan fingerprint density at radius 2 is 1.95 bits per heavy atom. The number of aliphatic hydroxyl groups is 1. The summed E-state index contributed by atoms with van der Waals surface area (Å²) in [6.07, 6.45) is 4.57. The van der Waals surface area contributed by atoms with Crippen LogP contribution in [0.15, 0.2) is 24.3 Å². The number of aliphatic hydroxyl groups excluding tert-OH is 1. The van der Waals surface area contributed by atoms with Crippen molar-refractivity contribution in [2.75, 3.05) is 6.61 Å². The lowest BCUT2D eigenvalue weighted by Gasteiger charge is -2.30. The van der Waals surface area contributed by atoms with Crippen LogP contribution in [0, 0.1) is 17.8 Å². The number of hydrogen-bond acceptors (Lipinski definition) is 2. The summed E-state index contributed by atoms with van der Waals surface area (Å²) in [5.41, 5.74) is 1.97. The minimum atomic E-state index is 0.00338. The third kappa shape index (κ3) is 2.35. The molecule has 2 aliphatic rings. The fourth-order valence-electron chi connectivity index (χ4n) is 4.02. The van der Waals surface area contributed by atoms with Crippen LogP contribution in [0.25, 0.3) is 0 Å². The van der Waals surface area contributed by atoms with Gasteiger partial charge in [-0.25, -0.2) is 0 Å². The molecule has 3 rings (SSSR count).